The first kappa shape index (κ1) is 22.0. The average molecular weight is 455 g/mol. The van der Waals surface area contributed by atoms with Crippen molar-refractivity contribution in [1.29, 1.82) is 0 Å². The lowest BCUT2D eigenvalue weighted by atomic mass is 10.00. The second-order valence-corrected chi connectivity index (χ2v) is 7.45. The maximum Gasteiger partial charge on any atom is 0.416 e. The highest BCUT2D eigenvalue weighted by molar-refractivity contribution is 6.34. The smallest absolute Gasteiger partial charge is 0.416 e. The molecule has 0 amide bonds. The Bertz CT molecular complexity index is 1040. The van der Waals surface area contributed by atoms with Gasteiger partial charge >= 0.3 is 12.1 Å². The van der Waals surface area contributed by atoms with E-state index in [-0.39, 0.29) is 13.0 Å². The van der Waals surface area contributed by atoms with E-state index in [0.29, 0.717) is 38.0 Å². The summed E-state index contributed by atoms with van der Waals surface area (Å²) in [6.07, 6.45) is -4.69. The Morgan fingerprint density at radius 1 is 0.867 bits per heavy atom. The molecule has 1 N–H and O–H groups in total. The van der Waals surface area contributed by atoms with Crippen molar-refractivity contribution in [3.8, 4) is 16.9 Å². The van der Waals surface area contributed by atoms with Gasteiger partial charge in [0, 0.05) is 10.0 Å². The summed E-state index contributed by atoms with van der Waals surface area (Å²) in [5.74, 6) is -0.660. The molecule has 0 atom stereocenters. The molecule has 3 nitrogen and oxygen atoms in total. The van der Waals surface area contributed by atoms with Gasteiger partial charge in [-0.1, -0.05) is 41.4 Å². The van der Waals surface area contributed by atoms with E-state index in [1.165, 1.54) is 12.1 Å². The summed E-state index contributed by atoms with van der Waals surface area (Å²) in [5, 5.41) is 10.0. The van der Waals surface area contributed by atoms with Gasteiger partial charge in [0.2, 0.25) is 0 Å². The monoisotopic (exact) mass is 454 g/mol. The van der Waals surface area contributed by atoms with Crippen LogP contribution in [0.4, 0.5) is 13.2 Å². The van der Waals surface area contributed by atoms with Crippen LogP contribution in [0.15, 0.2) is 60.7 Å². The van der Waals surface area contributed by atoms with Gasteiger partial charge in [0.15, 0.2) is 0 Å². The summed E-state index contributed by atoms with van der Waals surface area (Å²) < 4.78 is 44.2. The number of hydrogen-bond acceptors (Lipinski definition) is 2. The zero-order valence-electron chi connectivity index (χ0n) is 15.3. The molecule has 0 saturated heterocycles. The SMILES string of the molecule is O=C(O)Cc1cc(OCc2cc(Cl)cc(Cl)c2)cc(-c2ccc(C(F)(F)F)cc2)c1. The van der Waals surface area contributed by atoms with E-state index >= 15 is 0 Å². The molecule has 0 aromatic heterocycles. The van der Waals surface area contributed by atoms with Crippen LogP contribution in [0, 0.1) is 0 Å². The molecule has 3 rings (SSSR count). The number of alkyl halides is 3. The number of ether oxygens (including phenoxy) is 1. The molecular formula is C22H15Cl2F3O3. The van der Waals surface area contributed by atoms with Gasteiger partial charge in [-0.3, -0.25) is 4.79 Å². The van der Waals surface area contributed by atoms with E-state index < -0.39 is 17.7 Å². The fourth-order valence-electron chi connectivity index (χ4n) is 2.90. The lowest BCUT2D eigenvalue weighted by Gasteiger charge is -2.12. The van der Waals surface area contributed by atoms with E-state index in [2.05, 4.69) is 0 Å². The standard InChI is InChI=1S/C22H15Cl2F3O3/c23-18-6-14(7-19(24)11-18)12-30-20-8-13(9-21(28)29)5-16(10-20)15-1-3-17(4-2-15)22(25,26)27/h1-8,10-11H,9,12H2,(H,28,29). The molecule has 0 aliphatic rings. The van der Waals surface area contributed by atoms with Gasteiger partial charge in [0.25, 0.3) is 0 Å². The van der Waals surface area contributed by atoms with Gasteiger partial charge in [-0.25, -0.2) is 0 Å². The van der Waals surface area contributed by atoms with Gasteiger partial charge in [-0.15, -0.1) is 0 Å². The van der Waals surface area contributed by atoms with Crippen molar-refractivity contribution in [3.63, 3.8) is 0 Å². The number of hydrogen-bond donors (Lipinski definition) is 1. The topological polar surface area (TPSA) is 46.5 Å². The Hall–Kier alpha value is -2.70. The summed E-state index contributed by atoms with van der Waals surface area (Å²) in [6.45, 7) is 0.128. The molecule has 156 valence electrons. The van der Waals surface area contributed by atoms with E-state index in [1.807, 2.05) is 0 Å². The molecule has 3 aromatic rings. The number of halogens is 5. The van der Waals surface area contributed by atoms with Gasteiger partial charge in [0.05, 0.1) is 12.0 Å². The van der Waals surface area contributed by atoms with Crippen LogP contribution in [0.25, 0.3) is 11.1 Å². The molecule has 30 heavy (non-hydrogen) atoms. The summed E-state index contributed by atoms with van der Waals surface area (Å²) in [6, 6.07) is 14.4. The van der Waals surface area contributed by atoms with Crippen LogP contribution in [0.3, 0.4) is 0 Å². The van der Waals surface area contributed by atoms with Crippen LogP contribution in [-0.4, -0.2) is 11.1 Å². The van der Waals surface area contributed by atoms with Crippen LogP contribution in [0.5, 0.6) is 5.75 Å². The quantitative estimate of drug-likeness (QED) is 0.441. The zero-order valence-corrected chi connectivity index (χ0v) is 16.9. The Balaban J connectivity index is 1.90. The Morgan fingerprint density at radius 2 is 1.50 bits per heavy atom. The summed E-state index contributed by atoms with van der Waals surface area (Å²) >= 11 is 12.0. The molecule has 0 aliphatic heterocycles. The number of carboxylic acid groups (broad SMARTS) is 1. The molecular weight excluding hydrogens is 440 g/mol. The zero-order chi connectivity index (χ0) is 21.9. The van der Waals surface area contributed by atoms with Gasteiger partial charge in [-0.2, -0.15) is 13.2 Å². The molecule has 0 saturated carbocycles. The normalized spacial score (nSPS) is 11.4. The summed E-state index contributed by atoms with van der Waals surface area (Å²) in [5.41, 5.74) is 1.46. The number of rotatable bonds is 6. The highest BCUT2D eigenvalue weighted by Crippen LogP contribution is 2.32. The fraction of sp³-hybridized carbons (Fsp3) is 0.136. The van der Waals surface area contributed by atoms with Crippen LogP contribution in [0.2, 0.25) is 10.0 Å². The molecule has 0 spiro atoms. The lowest BCUT2D eigenvalue weighted by Crippen LogP contribution is -2.04. The molecule has 0 fully saturated rings. The van der Waals surface area contributed by atoms with Crippen LogP contribution >= 0.6 is 23.2 Å². The second kappa shape index (κ2) is 8.98. The van der Waals surface area contributed by atoms with Crippen LogP contribution in [-0.2, 0) is 24.0 Å². The van der Waals surface area contributed by atoms with Crippen molar-refractivity contribution in [2.24, 2.45) is 0 Å². The Labute approximate surface area is 180 Å². The number of benzene rings is 3. The minimum absolute atomic E-state index is 0.128. The third-order valence-corrected chi connectivity index (χ3v) is 4.63. The predicted molar refractivity (Wildman–Crippen MR) is 109 cm³/mol. The molecule has 0 radical (unpaired) electrons. The van der Waals surface area contributed by atoms with Crippen molar-refractivity contribution in [3.05, 3.63) is 87.4 Å². The highest BCUT2D eigenvalue weighted by Gasteiger charge is 2.30. The van der Waals surface area contributed by atoms with Crippen LogP contribution in [0.1, 0.15) is 16.7 Å². The summed E-state index contributed by atoms with van der Waals surface area (Å²) in [7, 11) is 0. The number of aliphatic carboxylic acids is 1. The first-order chi connectivity index (χ1) is 14.1. The molecule has 0 heterocycles. The molecule has 0 unspecified atom stereocenters. The van der Waals surface area contributed by atoms with Gasteiger partial charge in [-0.05, 0) is 64.7 Å². The maximum atomic E-state index is 12.8. The number of carboxylic acids is 1. The average Bonchev–Trinajstić information content (AvgIpc) is 2.64. The largest absolute Gasteiger partial charge is 0.489 e. The van der Waals surface area contributed by atoms with Gasteiger partial charge < -0.3 is 9.84 Å². The predicted octanol–water partition coefficient (Wildman–Crippen LogP) is 6.89. The molecule has 8 heteroatoms. The third kappa shape index (κ3) is 5.90. The minimum atomic E-state index is -4.43. The highest BCUT2D eigenvalue weighted by atomic mass is 35.5. The maximum absolute atomic E-state index is 12.8. The van der Waals surface area contributed by atoms with Crippen LogP contribution < -0.4 is 4.74 Å². The Kier molecular flexibility index (Phi) is 6.58. The van der Waals surface area contributed by atoms with Crippen molar-refractivity contribution >= 4 is 29.2 Å². The van der Waals surface area contributed by atoms with Gasteiger partial charge in [0.1, 0.15) is 12.4 Å². The van der Waals surface area contributed by atoms with Crippen molar-refractivity contribution < 1.29 is 27.8 Å². The van der Waals surface area contributed by atoms with Crippen molar-refractivity contribution in [1.82, 2.24) is 0 Å². The molecule has 0 bridgehead atoms. The first-order valence-corrected chi connectivity index (χ1v) is 9.47. The third-order valence-electron chi connectivity index (χ3n) is 4.20. The van der Waals surface area contributed by atoms with E-state index in [9.17, 15) is 18.0 Å². The molecule has 0 aliphatic carbocycles. The van der Waals surface area contributed by atoms with Crippen molar-refractivity contribution in [2.75, 3.05) is 0 Å². The summed E-state index contributed by atoms with van der Waals surface area (Å²) in [4.78, 5) is 11.1. The van der Waals surface area contributed by atoms with E-state index in [1.54, 1.807) is 36.4 Å². The van der Waals surface area contributed by atoms with E-state index in [0.717, 1.165) is 12.1 Å². The van der Waals surface area contributed by atoms with Crippen molar-refractivity contribution in [2.45, 2.75) is 19.2 Å². The lowest BCUT2D eigenvalue weighted by molar-refractivity contribution is -0.138. The van der Waals surface area contributed by atoms with E-state index in [4.69, 9.17) is 33.0 Å². The Morgan fingerprint density at radius 3 is 2.07 bits per heavy atom. The number of carbonyl (C=O) groups is 1. The fourth-order valence-corrected chi connectivity index (χ4v) is 3.47. The first-order valence-electron chi connectivity index (χ1n) is 8.71. The molecule has 3 aromatic carbocycles. The second-order valence-electron chi connectivity index (χ2n) is 6.58. The minimum Gasteiger partial charge on any atom is -0.489 e.